The number of fused-ring (bicyclic) bond motifs is 1. The van der Waals surface area contributed by atoms with Gasteiger partial charge in [0.05, 0.1) is 0 Å². The van der Waals surface area contributed by atoms with Crippen molar-refractivity contribution in [2.24, 2.45) is 0 Å². The van der Waals surface area contributed by atoms with Gasteiger partial charge in [0.1, 0.15) is 0 Å². The molecule has 2 aliphatic rings. The van der Waals surface area contributed by atoms with Gasteiger partial charge in [0.2, 0.25) is 0 Å². The first-order valence-electron chi connectivity index (χ1n) is 2.57. The summed E-state index contributed by atoms with van der Waals surface area (Å²) in [7, 11) is 0. The van der Waals surface area contributed by atoms with Crippen LogP contribution in [-0.2, 0) is 0 Å². The van der Waals surface area contributed by atoms with Crippen LogP contribution in [0.2, 0.25) is 0 Å². The van der Waals surface area contributed by atoms with E-state index in [1.807, 2.05) is 0 Å². The van der Waals surface area contributed by atoms with Crippen LogP contribution in [0.3, 0.4) is 0 Å². The fourth-order valence-electron chi connectivity index (χ4n) is 0.962. The Labute approximate surface area is 65.0 Å². The first-order chi connectivity index (χ1) is 3.38. The van der Waals surface area contributed by atoms with Crippen LogP contribution < -0.4 is 42.4 Å². The van der Waals surface area contributed by atoms with Gasteiger partial charge in [-0.05, 0) is 0 Å². The van der Waals surface area contributed by atoms with Crippen LogP contribution in [0.1, 0.15) is 6.92 Å². The zero-order valence-corrected chi connectivity index (χ0v) is 8.51. The molecule has 0 bridgehead atoms. The first-order valence-corrected chi connectivity index (χ1v) is 7.84. The Hall–Kier alpha value is 1.46. The number of hydrogen-bond acceptors (Lipinski definition) is 0. The van der Waals surface area contributed by atoms with Crippen LogP contribution in [0.4, 0.5) is 0 Å². The summed E-state index contributed by atoms with van der Waals surface area (Å²) in [6.45, 7) is 2.48. The molecular weight excluding hydrogens is 314 g/mol. The quantitative estimate of drug-likeness (QED) is 0.308. The zero-order chi connectivity index (χ0) is 4.85. The molecule has 44 valence electrons. The standard InChI is InChI=1S/C5H8I2/c1-3-5-4(7-5)2-6-3/h3-5H,2H2,1H3/q-2. The van der Waals surface area contributed by atoms with Crippen molar-refractivity contribution in [3.63, 3.8) is 0 Å². The Morgan fingerprint density at radius 3 is 2.57 bits per heavy atom. The topological polar surface area (TPSA) is 0 Å². The van der Waals surface area contributed by atoms with Crippen molar-refractivity contribution in [3.05, 3.63) is 0 Å². The fourth-order valence-corrected chi connectivity index (χ4v) is 12.9. The summed E-state index contributed by atoms with van der Waals surface area (Å²) in [4.78, 5) is 0. The third-order valence-electron chi connectivity index (χ3n) is 1.50. The molecule has 2 aliphatic heterocycles. The molecule has 0 N–H and O–H groups in total. The third kappa shape index (κ3) is 0.821. The van der Waals surface area contributed by atoms with Crippen molar-refractivity contribution in [3.8, 4) is 0 Å². The number of rotatable bonds is 0. The summed E-state index contributed by atoms with van der Waals surface area (Å²) in [5, 5.41) is 0. The average Bonchev–Trinajstić information content (AvgIpc) is 2.33. The van der Waals surface area contributed by atoms with Crippen LogP contribution in [0.15, 0.2) is 0 Å². The maximum atomic E-state index is 2.48. The molecule has 3 unspecified atom stereocenters. The van der Waals surface area contributed by atoms with Gasteiger partial charge in [-0.25, -0.2) is 0 Å². The van der Waals surface area contributed by atoms with Crippen LogP contribution >= 0.6 is 0 Å². The molecule has 0 spiro atoms. The van der Waals surface area contributed by atoms with E-state index in [9.17, 15) is 0 Å². The molecule has 2 heteroatoms. The van der Waals surface area contributed by atoms with E-state index in [2.05, 4.69) is 6.92 Å². The molecule has 2 fully saturated rings. The van der Waals surface area contributed by atoms with E-state index in [1.165, 1.54) is 11.8 Å². The Morgan fingerprint density at radius 2 is 2.43 bits per heavy atom. The Balaban J connectivity index is 2.08. The molecule has 7 heavy (non-hydrogen) atoms. The van der Waals surface area contributed by atoms with E-state index in [0.29, 0.717) is 21.2 Å². The second-order valence-electron chi connectivity index (χ2n) is 2.07. The molecule has 2 saturated heterocycles. The predicted molar refractivity (Wildman–Crippen MR) is 21.9 cm³/mol. The van der Waals surface area contributed by atoms with Crippen LogP contribution in [0, 0.1) is 0 Å². The van der Waals surface area contributed by atoms with Gasteiger partial charge < -0.3 is 0 Å². The zero-order valence-electron chi connectivity index (χ0n) is 4.20. The van der Waals surface area contributed by atoms with Crippen molar-refractivity contribution in [2.75, 3.05) is 4.43 Å². The minimum absolute atomic E-state index is 0.716. The van der Waals surface area contributed by atoms with Gasteiger partial charge in [0, 0.05) is 0 Å². The molecule has 0 amide bonds. The van der Waals surface area contributed by atoms with E-state index >= 15 is 0 Å². The number of hydrogen-bond donors (Lipinski definition) is 0. The van der Waals surface area contributed by atoms with Crippen LogP contribution in [-0.4, -0.2) is 16.2 Å². The summed E-state index contributed by atoms with van der Waals surface area (Å²) in [5.41, 5.74) is 0. The summed E-state index contributed by atoms with van der Waals surface area (Å²) < 4.78 is 5.64. The summed E-state index contributed by atoms with van der Waals surface area (Å²) in [5.74, 6) is 0. The van der Waals surface area contributed by atoms with Gasteiger partial charge >= 0.3 is 65.5 Å². The molecule has 0 aromatic heterocycles. The molecular formula is C5H8I2-2. The first kappa shape index (κ1) is 5.26. The van der Waals surface area contributed by atoms with Crippen molar-refractivity contribution in [1.29, 1.82) is 0 Å². The second-order valence-corrected chi connectivity index (χ2v) is 9.56. The van der Waals surface area contributed by atoms with Gasteiger partial charge in [0.15, 0.2) is 0 Å². The monoisotopic (exact) mass is 322 g/mol. The minimum atomic E-state index is 0.716. The van der Waals surface area contributed by atoms with Crippen LogP contribution in [0.5, 0.6) is 0 Å². The third-order valence-corrected chi connectivity index (χ3v) is 12.3. The second kappa shape index (κ2) is 1.72. The predicted octanol–water partition coefficient (Wildman–Crippen LogP) is -5.68. The molecule has 2 rings (SSSR count). The van der Waals surface area contributed by atoms with Gasteiger partial charge in [0.25, 0.3) is 0 Å². The van der Waals surface area contributed by atoms with Crippen molar-refractivity contribution in [1.82, 2.24) is 0 Å². The van der Waals surface area contributed by atoms with E-state index in [-0.39, 0.29) is 0 Å². The molecule has 0 aliphatic carbocycles. The fraction of sp³-hybridized carbons (Fsp3) is 1.00. The number of alkyl halides is 4. The van der Waals surface area contributed by atoms with Crippen LogP contribution in [0.25, 0.3) is 0 Å². The average molecular weight is 322 g/mol. The Morgan fingerprint density at radius 1 is 1.57 bits per heavy atom. The summed E-state index contributed by atoms with van der Waals surface area (Å²) in [6, 6.07) is 0. The molecule has 2 heterocycles. The van der Waals surface area contributed by atoms with E-state index in [4.69, 9.17) is 0 Å². The molecule has 0 aromatic rings. The molecule has 0 aromatic carbocycles. The van der Waals surface area contributed by atoms with E-state index < -0.39 is 0 Å². The van der Waals surface area contributed by atoms with Crippen molar-refractivity contribution < 1.29 is 42.4 Å². The van der Waals surface area contributed by atoms with Gasteiger partial charge in [-0.15, -0.1) is 0 Å². The summed E-state index contributed by atoms with van der Waals surface area (Å²) >= 11 is 1.50. The SMILES string of the molecule is CC1[I-]CC2[I-]C12. The van der Waals surface area contributed by atoms with E-state index in [1.54, 1.807) is 4.43 Å². The molecule has 0 saturated carbocycles. The van der Waals surface area contributed by atoms with Gasteiger partial charge in [-0.1, -0.05) is 0 Å². The molecule has 0 radical (unpaired) electrons. The summed E-state index contributed by atoms with van der Waals surface area (Å²) in [6.07, 6.45) is 0. The van der Waals surface area contributed by atoms with Crippen molar-refractivity contribution >= 4 is 0 Å². The maximum absolute atomic E-state index is 2.48. The van der Waals surface area contributed by atoms with Gasteiger partial charge in [-0.3, -0.25) is 0 Å². The Bertz CT molecular complexity index is 92.1. The number of halogens is 2. The molecule has 3 atom stereocenters. The molecule has 0 nitrogen and oxygen atoms in total. The van der Waals surface area contributed by atoms with Crippen molar-refractivity contribution in [2.45, 2.75) is 18.7 Å². The Kier molecular flexibility index (Phi) is 1.29. The van der Waals surface area contributed by atoms with Gasteiger partial charge in [-0.2, -0.15) is 0 Å². The normalized spacial score (nSPS) is 59.3. The van der Waals surface area contributed by atoms with E-state index in [0.717, 1.165) is 21.2 Å².